The van der Waals surface area contributed by atoms with E-state index in [0.29, 0.717) is 23.6 Å². The Balaban J connectivity index is 1.96. The summed E-state index contributed by atoms with van der Waals surface area (Å²) in [7, 11) is 0. The van der Waals surface area contributed by atoms with Crippen molar-refractivity contribution in [3.63, 3.8) is 0 Å². The molecule has 0 radical (unpaired) electrons. The number of aryl methyl sites for hydroxylation is 2. The Morgan fingerprint density at radius 1 is 1.13 bits per heavy atom. The molecule has 4 N–H and O–H groups in total. The predicted octanol–water partition coefficient (Wildman–Crippen LogP) is 4.11. The van der Waals surface area contributed by atoms with Gasteiger partial charge in [0.25, 0.3) is 5.91 Å². The maximum Gasteiger partial charge on any atom is 0.271 e. The zero-order chi connectivity index (χ0) is 22.4. The molecule has 3 aromatic rings. The molecule has 0 aliphatic carbocycles. The summed E-state index contributed by atoms with van der Waals surface area (Å²) in [5.74, 6) is -0.160. The van der Waals surface area contributed by atoms with E-state index in [-0.39, 0.29) is 23.3 Å². The highest BCUT2D eigenvalue weighted by Crippen LogP contribution is 2.29. The van der Waals surface area contributed by atoms with Crippen LogP contribution in [0.25, 0.3) is 0 Å². The van der Waals surface area contributed by atoms with E-state index in [4.69, 9.17) is 10.5 Å². The molecule has 2 aromatic carbocycles. The smallest absolute Gasteiger partial charge is 0.271 e. The lowest BCUT2D eigenvalue weighted by Crippen LogP contribution is -2.18. The molecule has 1 heterocycles. The van der Waals surface area contributed by atoms with Crippen molar-refractivity contribution in [3.8, 4) is 11.6 Å². The van der Waals surface area contributed by atoms with Gasteiger partial charge in [-0.1, -0.05) is 37.3 Å². The molecule has 31 heavy (non-hydrogen) atoms. The van der Waals surface area contributed by atoms with Crippen LogP contribution in [0.1, 0.15) is 28.7 Å². The van der Waals surface area contributed by atoms with Gasteiger partial charge in [-0.05, 0) is 43.7 Å². The predicted molar refractivity (Wildman–Crippen MR) is 120 cm³/mol. The monoisotopic (exact) mass is 417 g/mol. The van der Waals surface area contributed by atoms with Crippen LogP contribution in [0.4, 0.5) is 17.2 Å². The van der Waals surface area contributed by atoms with Crippen LogP contribution in [0.5, 0.6) is 11.6 Å². The van der Waals surface area contributed by atoms with Gasteiger partial charge in [-0.2, -0.15) is 4.98 Å². The summed E-state index contributed by atoms with van der Waals surface area (Å²) in [4.78, 5) is 32.4. The average Bonchev–Trinajstić information content (AvgIpc) is 2.75. The van der Waals surface area contributed by atoms with E-state index in [2.05, 4.69) is 27.2 Å². The number of nitrogens with one attached hydrogen (secondary N) is 2. The molecule has 0 aliphatic heterocycles. The second kappa shape index (κ2) is 9.53. The van der Waals surface area contributed by atoms with E-state index >= 15 is 0 Å². The maximum atomic E-state index is 12.0. The van der Waals surface area contributed by atoms with Gasteiger partial charge >= 0.3 is 0 Å². The molecule has 1 aromatic heterocycles. The number of rotatable bonds is 8. The number of benzene rings is 2. The van der Waals surface area contributed by atoms with Crippen LogP contribution in [-0.4, -0.2) is 21.8 Å². The topological polar surface area (TPSA) is 119 Å². The summed E-state index contributed by atoms with van der Waals surface area (Å²) in [5, 5.41) is 5.75. The molecule has 8 nitrogen and oxygen atoms in total. The summed E-state index contributed by atoms with van der Waals surface area (Å²) >= 11 is 0. The van der Waals surface area contributed by atoms with Gasteiger partial charge in [-0.3, -0.25) is 9.59 Å². The number of carbonyl (C=O) groups is 2. The fraction of sp³-hybridized carbons (Fsp3) is 0.130. The third kappa shape index (κ3) is 5.45. The summed E-state index contributed by atoms with van der Waals surface area (Å²) in [5.41, 5.74) is 8.40. The molecule has 0 spiro atoms. The van der Waals surface area contributed by atoms with Gasteiger partial charge in [0.05, 0.1) is 0 Å². The molecule has 2 amide bonds. The van der Waals surface area contributed by atoms with Gasteiger partial charge in [0.15, 0.2) is 11.5 Å². The quantitative estimate of drug-likeness (QED) is 0.475. The number of primary amides is 1. The Bertz CT molecular complexity index is 1130. The molecular weight excluding hydrogens is 394 g/mol. The van der Waals surface area contributed by atoms with Gasteiger partial charge in [0.2, 0.25) is 11.8 Å². The van der Waals surface area contributed by atoms with E-state index in [9.17, 15) is 9.59 Å². The first-order chi connectivity index (χ1) is 14.9. The zero-order valence-corrected chi connectivity index (χ0v) is 17.3. The molecular formula is C23H23N5O3. The summed E-state index contributed by atoms with van der Waals surface area (Å²) in [6.07, 6.45) is 1.65. The second-order valence-corrected chi connectivity index (χ2v) is 6.70. The Kier molecular flexibility index (Phi) is 6.61. The number of amides is 2. The largest absolute Gasteiger partial charge is 0.437 e. The van der Waals surface area contributed by atoms with Gasteiger partial charge in [-0.25, -0.2) is 4.98 Å². The van der Waals surface area contributed by atoms with Crippen molar-refractivity contribution in [1.29, 1.82) is 0 Å². The Morgan fingerprint density at radius 2 is 1.87 bits per heavy atom. The molecule has 3 rings (SSSR count). The maximum absolute atomic E-state index is 12.0. The van der Waals surface area contributed by atoms with Crippen molar-refractivity contribution in [1.82, 2.24) is 9.97 Å². The number of carbonyl (C=O) groups excluding carboxylic acids is 2. The summed E-state index contributed by atoms with van der Waals surface area (Å²) in [6, 6.07) is 14.4. The first kappa shape index (κ1) is 21.5. The fourth-order valence-electron chi connectivity index (χ4n) is 2.74. The molecule has 0 fully saturated rings. The number of aromatic nitrogens is 2. The highest BCUT2D eigenvalue weighted by molar-refractivity contribution is 5.99. The lowest BCUT2D eigenvalue weighted by atomic mass is 10.2. The number of ether oxygens (including phenoxy) is 1. The average molecular weight is 417 g/mol. The van der Waals surface area contributed by atoms with E-state index < -0.39 is 5.91 Å². The number of hydrogen-bond acceptors (Lipinski definition) is 6. The summed E-state index contributed by atoms with van der Waals surface area (Å²) < 4.78 is 5.95. The summed E-state index contributed by atoms with van der Waals surface area (Å²) in [6.45, 7) is 7.28. The number of hydrogen-bond donors (Lipinski definition) is 3. The molecule has 158 valence electrons. The van der Waals surface area contributed by atoms with Crippen molar-refractivity contribution in [3.05, 3.63) is 78.1 Å². The van der Waals surface area contributed by atoms with E-state index in [0.717, 1.165) is 11.3 Å². The van der Waals surface area contributed by atoms with Gasteiger partial charge < -0.3 is 21.1 Å². The highest BCUT2D eigenvalue weighted by atomic mass is 16.5. The standard InChI is InChI=1S/C23H23N5O3/c1-4-18-23(31-17-8-6-7-16(13-17)25-19(29)5-2)28-22(20(27-18)21(24)30)26-15-11-9-14(3)10-12-15/h5-13H,2,4H2,1,3H3,(H2,24,30)(H,25,29)(H,26,28). The number of anilines is 3. The zero-order valence-electron chi connectivity index (χ0n) is 17.3. The van der Waals surface area contributed by atoms with Crippen molar-refractivity contribution < 1.29 is 14.3 Å². The van der Waals surface area contributed by atoms with Crippen LogP contribution in [-0.2, 0) is 11.2 Å². The number of nitrogens with two attached hydrogens (primary N) is 1. The van der Waals surface area contributed by atoms with Gasteiger partial charge in [-0.15, -0.1) is 0 Å². The Labute approximate surface area is 180 Å². The minimum absolute atomic E-state index is 0.0248. The van der Waals surface area contributed by atoms with E-state index in [1.165, 1.54) is 6.08 Å². The van der Waals surface area contributed by atoms with Crippen molar-refractivity contribution in [2.45, 2.75) is 20.3 Å². The molecule has 0 saturated carbocycles. The van der Waals surface area contributed by atoms with Crippen LogP contribution in [0.2, 0.25) is 0 Å². The SMILES string of the molecule is C=CC(=O)Nc1cccc(Oc2nc(Nc3ccc(C)cc3)c(C(N)=O)nc2CC)c1. The lowest BCUT2D eigenvalue weighted by Gasteiger charge is -2.14. The molecule has 0 saturated heterocycles. The normalized spacial score (nSPS) is 10.3. The third-order valence-corrected chi connectivity index (χ3v) is 4.32. The van der Waals surface area contributed by atoms with Crippen molar-refractivity contribution >= 4 is 29.0 Å². The number of nitrogens with zero attached hydrogens (tertiary/aromatic N) is 2. The second-order valence-electron chi connectivity index (χ2n) is 6.70. The third-order valence-electron chi connectivity index (χ3n) is 4.32. The van der Waals surface area contributed by atoms with Crippen LogP contribution in [0.15, 0.2) is 61.2 Å². The van der Waals surface area contributed by atoms with Crippen LogP contribution >= 0.6 is 0 Å². The first-order valence-corrected chi connectivity index (χ1v) is 9.65. The van der Waals surface area contributed by atoms with Crippen LogP contribution in [0, 0.1) is 6.92 Å². The Morgan fingerprint density at radius 3 is 2.52 bits per heavy atom. The highest BCUT2D eigenvalue weighted by Gasteiger charge is 2.19. The molecule has 0 bridgehead atoms. The minimum atomic E-state index is -0.697. The lowest BCUT2D eigenvalue weighted by molar-refractivity contribution is -0.111. The first-order valence-electron chi connectivity index (χ1n) is 9.65. The fourth-order valence-corrected chi connectivity index (χ4v) is 2.74. The van der Waals surface area contributed by atoms with Crippen molar-refractivity contribution in [2.75, 3.05) is 10.6 Å². The van der Waals surface area contributed by atoms with Gasteiger partial charge in [0.1, 0.15) is 11.4 Å². The molecule has 0 atom stereocenters. The van der Waals surface area contributed by atoms with E-state index in [1.54, 1.807) is 24.3 Å². The Hall–Kier alpha value is -4.20. The van der Waals surface area contributed by atoms with Crippen molar-refractivity contribution in [2.24, 2.45) is 5.73 Å². The molecule has 8 heteroatoms. The molecule has 0 unspecified atom stereocenters. The van der Waals surface area contributed by atoms with Crippen LogP contribution < -0.4 is 21.1 Å². The minimum Gasteiger partial charge on any atom is -0.437 e. The molecule has 0 aliphatic rings. The van der Waals surface area contributed by atoms with E-state index in [1.807, 2.05) is 38.1 Å². The van der Waals surface area contributed by atoms with Crippen LogP contribution in [0.3, 0.4) is 0 Å². The van der Waals surface area contributed by atoms with Gasteiger partial charge in [0, 0.05) is 17.4 Å².